The van der Waals surface area contributed by atoms with Gasteiger partial charge in [0, 0.05) is 12.2 Å². The highest BCUT2D eigenvalue weighted by Gasteiger charge is 2.56. The molecule has 0 atom stereocenters. The summed E-state index contributed by atoms with van der Waals surface area (Å²) >= 11 is 0. The minimum absolute atomic E-state index is 0.278. The van der Waals surface area contributed by atoms with Crippen LogP contribution in [0.4, 0.5) is 10.1 Å². The van der Waals surface area contributed by atoms with Crippen LogP contribution in [0.3, 0.4) is 0 Å². The Morgan fingerprint density at radius 3 is 2.46 bits per heavy atom. The van der Waals surface area contributed by atoms with Gasteiger partial charge in [-0.15, -0.1) is 0 Å². The van der Waals surface area contributed by atoms with E-state index in [2.05, 4.69) is 10.6 Å². The van der Waals surface area contributed by atoms with Crippen molar-refractivity contribution in [3.63, 3.8) is 0 Å². The summed E-state index contributed by atoms with van der Waals surface area (Å²) in [6, 6.07) is 13.3. The van der Waals surface area contributed by atoms with Crippen LogP contribution in [-0.2, 0) is 16.0 Å². The zero-order chi connectivity index (χ0) is 18.6. The largest absolute Gasteiger partial charge is 0.497 e. The number of halogens is 1. The van der Waals surface area contributed by atoms with E-state index in [9.17, 15) is 14.0 Å². The number of benzene rings is 2. The van der Waals surface area contributed by atoms with Crippen molar-refractivity contribution < 1.29 is 18.7 Å². The molecule has 3 rings (SSSR count). The second kappa shape index (κ2) is 7.56. The topological polar surface area (TPSA) is 67.4 Å². The molecule has 2 amide bonds. The molecule has 0 unspecified atom stereocenters. The minimum Gasteiger partial charge on any atom is -0.497 e. The first kappa shape index (κ1) is 17.9. The number of rotatable bonds is 7. The fourth-order valence-corrected chi connectivity index (χ4v) is 2.78. The molecule has 2 aromatic carbocycles. The summed E-state index contributed by atoms with van der Waals surface area (Å²) in [4.78, 5) is 24.9. The summed E-state index contributed by atoms with van der Waals surface area (Å²) in [5, 5.41) is 5.47. The third kappa shape index (κ3) is 4.02. The maximum Gasteiger partial charge on any atom is 0.240 e. The molecule has 0 aliphatic heterocycles. The Bertz CT molecular complexity index is 801. The van der Waals surface area contributed by atoms with Gasteiger partial charge in [-0.3, -0.25) is 9.59 Å². The van der Waals surface area contributed by atoms with Gasteiger partial charge in [0.25, 0.3) is 0 Å². The number of carbonyl (C=O) groups excluding carboxylic acids is 2. The van der Waals surface area contributed by atoms with Crippen LogP contribution in [0, 0.1) is 11.2 Å². The standard InChI is InChI=1S/C20H21FN2O3/c1-26-17-7-5-14(6-8-17)9-12-22-18(24)20(10-11-20)19(25)23-16-4-2-3-15(21)13-16/h2-8,13H,9-12H2,1H3,(H,22,24)(H,23,25). The summed E-state index contributed by atoms with van der Waals surface area (Å²) < 4.78 is 18.3. The number of ether oxygens (including phenoxy) is 1. The van der Waals surface area contributed by atoms with Crippen LogP contribution in [0.25, 0.3) is 0 Å². The van der Waals surface area contributed by atoms with Gasteiger partial charge in [0.2, 0.25) is 11.8 Å². The highest BCUT2D eigenvalue weighted by atomic mass is 19.1. The average Bonchev–Trinajstić information content (AvgIpc) is 3.44. The van der Waals surface area contributed by atoms with Gasteiger partial charge in [-0.2, -0.15) is 0 Å². The van der Waals surface area contributed by atoms with Crippen molar-refractivity contribution in [2.45, 2.75) is 19.3 Å². The van der Waals surface area contributed by atoms with Crippen molar-refractivity contribution in [2.75, 3.05) is 19.0 Å². The molecule has 2 aromatic rings. The van der Waals surface area contributed by atoms with Gasteiger partial charge in [-0.05, 0) is 55.2 Å². The van der Waals surface area contributed by atoms with Crippen LogP contribution < -0.4 is 15.4 Å². The van der Waals surface area contributed by atoms with Crippen molar-refractivity contribution in [2.24, 2.45) is 5.41 Å². The Morgan fingerprint density at radius 2 is 1.85 bits per heavy atom. The average molecular weight is 356 g/mol. The molecule has 0 radical (unpaired) electrons. The fourth-order valence-electron chi connectivity index (χ4n) is 2.78. The highest BCUT2D eigenvalue weighted by molar-refractivity contribution is 6.13. The molecule has 1 aliphatic rings. The van der Waals surface area contributed by atoms with E-state index in [4.69, 9.17) is 4.74 Å². The van der Waals surface area contributed by atoms with Crippen molar-refractivity contribution >= 4 is 17.5 Å². The summed E-state index contributed by atoms with van der Waals surface area (Å²) in [5.74, 6) is -0.315. The van der Waals surface area contributed by atoms with Crippen LogP contribution in [0.15, 0.2) is 48.5 Å². The minimum atomic E-state index is -1.04. The van der Waals surface area contributed by atoms with Gasteiger partial charge in [0.05, 0.1) is 7.11 Å². The van der Waals surface area contributed by atoms with Gasteiger partial charge in [0.1, 0.15) is 17.0 Å². The lowest BCUT2D eigenvalue weighted by Crippen LogP contribution is -2.40. The third-order valence-electron chi connectivity index (χ3n) is 4.56. The van der Waals surface area contributed by atoms with E-state index in [-0.39, 0.29) is 11.8 Å². The molecule has 1 aliphatic carbocycles. The Balaban J connectivity index is 1.52. The predicted octanol–water partition coefficient (Wildman–Crippen LogP) is 2.91. The fraction of sp³-hybridized carbons (Fsp3) is 0.300. The smallest absolute Gasteiger partial charge is 0.240 e. The number of nitrogens with one attached hydrogen (secondary N) is 2. The van der Waals surface area contributed by atoms with E-state index in [1.807, 2.05) is 24.3 Å². The summed E-state index contributed by atoms with van der Waals surface area (Å²) in [7, 11) is 1.61. The number of amides is 2. The molecular formula is C20H21FN2O3. The number of methoxy groups -OCH3 is 1. The molecule has 0 heterocycles. The number of hydrogen-bond donors (Lipinski definition) is 2. The zero-order valence-electron chi connectivity index (χ0n) is 14.5. The molecule has 1 saturated carbocycles. The van der Waals surface area contributed by atoms with Crippen molar-refractivity contribution in [1.82, 2.24) is 5.32 Å². The maximum absolute atomic E-state index is 13.2. The molecule has 2 N–H and O–H groups in total. The highest BCUT2D eigenvalue weighted by Crippen LogP contribution is 2.46. The first-order chi connectivity index (χ1) is 12.5. The van der Waals surface area contributed by atoms with E-state index < -0.39 is 11.2 Å². The van der Waals surface area contributed by atoms with Gasteiger partial charge < -0.3 is 15.4 Å². The number of hydrogen-bond acceptors (Lipinski definition) is 3. The van der Waals surface area contributed by atoms with Gasteiger partial charge in [0.15, 0.2) is 0 Å². The summed E-state index contributed by atoms with van der Waals surface area (Å²) in [6.45, 7) is 0.445. The lowest BCUT2D eigenvalue weighted by Gasteiger charge is -2.15. The molecular weight excluding hydrogens is 335 g/mol. The first-order valence-corrected chi connectivity index (χ1v) is 8.52. The SMILES string of the molecule is COc1ccc(CCNC(=O)C2(C(=O)Nc3cccc(F)c3)CC2)cc1. The second-order valence-corrected chi connectivity index (χ2v) is 6.40. The number of anilines is 1. The van der Waals surface area contributed by atoms with E-state index in [1.165, 1.54) is 18.2 Å². The van der Waals surface area contributed by atoms with Crippen LogP contribution >= 0.6 is 0 Å². The monoisotopic (exact) mass is 356 g/mol. The quantitative estimate of drug-likeness (QED) is 0.750. The molecule has 0 aromatic heterocycles. The Kier molecular flexibility index (Phi) is 5.21. The van der Waals surface area contributed by atoms with Crippen molar-refractivity contribution in [3.05, 3.63) is 59.9 Å². The van der Waals surface area contributed by atoms with E-state index >= 15 is 0 Å². The van der Waals surface area contributed by atoms with E-state index in [0.717, 1.165) is 11.3 Å². The molecule has 0 spiro atoms. The maximum atomic E-state index is 13.2. The Labute approximate surface area is 151 Å². The van der Waals surface area contributed by atoms with Crippen LogP contribution in [-0.4, -0.2) is 25.5 Å². The molecule has 0 bridgehead atoms. The van der Waals surface area contributed by atoms with Gasteiger partial charge in [-0.25, -0.2) is 4.39 Å². The first-order valence-electron chi connectivity index (χ1n) is 8.52. The van der Waals surface area contributed by atoms with Crippen LogP contribution in [0.2, 0.25) is 0 Å². The second-order valence-electron chi connectivity index (χ2n) is 6.40. The van der Waals surface area contributed by atoms with E-state index in [1.54, 1.807) is 13.2 Å². The van der Waals surface area contributed by atoms with Gasteiger partial charge >= 0.3 is 0 Å². The summed E-state index contributed by atoms with van der Waals surface area (Å²) in [5.41, 5.74) is 0.388. The van der Waals surface area contributed by atoms with E-state index in [0.29, 0.717) is 31.5 Å². The van der Waals surface area contributed by atoms with Crippen LogP contribution in [0.5, 0.6) is 5.75 Å². The molecule has 0 saturated heterocycles. The lowest BCUT2D eigenvalue weighted by atomic mass is 10.0. The molecule has 26 heavy (non-hydrogen) atoms. The number of carbonyl (C=O) groups is 2. The van der Waals surface area contributed by atoms with Crippen molar-refractivity contribution in [1.29, 1.82) is 0 Å². The zero-order valence-corrected chi connectivity index (χ0v) is 14.5. The molecule has 5 nitrogen and oxygen atoms in total. The van der Waals surface area contributed by atoms with Crippen molar-refractivity contribution in [3.8, 4) is 5.75 Å². The third-order valence-corrected chi connectivity index (χ3v) is 4.56. The Hall–Kier alpha value is -2.89. The van der Waals surface area contributed by atoms with Crippen LogP contribution in [0.1, 0.15) is 18.4 Å². The molecule has 6 heteroatoms. The van der Waals surface area contributed by atoms with Gasteiger partial charge in [-0.1, -0.05) is 18.2 Å². The molecule has 1 fully saturated rings. The Morgan fingerprint density at radius 1 is 1.12 bits per heavy atom. The summed E-state index contributed by atoms with van der Waals surface area (Å²) in [6.07, 6.45) is 1.67. The normalized spacial score (nSPS) is 14.4. The lowest BCUT2D eigenvalue weighted by molar-refractivity contribution is -0.134. The molecule has 136 valence electrons. The predicted molar refractivity (Wildman–Crippen MR) is 96.4 cm³/mol.